The molecule has 0 bridgehead atoms. The predicted octanol–water partition coefficient (Wildman–Crippen LogP) is 5.65. The van der Waals surface area contributed by atoms with Gasteiger partial charge < -0.3 is 25.0 Å². The molecule has 3 amide bonds. The highest BCUT2D eigenvalue weighted by Gasteiger charge is 2.41. The van der Waals surface area contributed by atoms with Gasteiger partial charge in [0.2, 0.25) is 5.91 Å². The second kappa shape index (κ2) is 13.6. The molecule has 0 aliphatic heterocycles. The Kier molecular flexibility index (Phi) is 11.1. The fourth-order valence-electron chi connectivity index (χ4n) is 3.89. The molecule has 2 aromatic rings. The lowest BCUT2D eigenvalue weighted by atomic mass is 9.95. The first kappa shape index (κ1) is 31.0. The molecule has 0 aromatic heterocycles. The van der Waals surface area contributed by atoms with E-state index in [9.17, 15) is 14.4 Å². The van der Waals surface area contributed by atoms with Crippen LogP contribution in [0, 0.1) is 0 Å². The fourth-order valence-corrected chi connectivity index (χ4v) is 4.37. The molecular formula is C29H41N3O5S. The van der Waals surface area contributed by atoms with Crippen molar-refractivity contribution in [3.05, 3.63) is 60.2 Å². The van der Waals surface area contributed by atoms with E-state index in [0.29, 0.717) is 29.2 Å². The van der Waals surface area contributed by atoms with Crippen LogP contribution in [0.25, 0.3) is 0 Å². The van der Waals surface area contributed by atoms with Crippen molar-refractivity contribution in [3.8, 4) is 5.75 Å². The van der Waals surface area contributed by atoms with Gasteiger partial charge in [-0.2, -0.15) is 11.8 Å². The zero-order valence-corrected chi connectivity index (χ0v) is 24.5. The van der Waals surface area contributed by atoms with Gasteiger partial charge in [-0.3, -0.25) is 9.59 Å². The Morgan fingerprint density at radius 1 is 0.947 bits per heavy atom. The molecule has 208 valence electrons. The molecular weight excluding hydrogens is 502 g/mol. The Bertz CT molecular complexity index is 1060. The summed E-state index contributed by atoms with van der Waals surface area (Å²) in [7, 11) is 1.57. The molecule has 2 aromatic carbocycles. The Hall–Kier alpha value is -3.20. The molecule has 8 nitrogen and oxygen atoms in total. The topological polar surface area (TPSA) is 97.0 Å². The average molecular weight is 544 g/mol. The molecule has 0 spiro atoms. The Labute approximate surface area is 230 Å². The molecule has 2 unspecified atom stereocenters. The average Bonchev–Trinajstić information content (AvgIpc) is 2.83. The van der Waals surface area contributed by atoms with Crippen LogP contribution < -0.4 is 15.4 Å². The summed E-state index contributed by atoms with van der Waals surface area (Å²) in [5.74, 6) is 0.568. The zero-order chi connectivity index (χ0) is 28.5. The summed E-state index contributed by atoms with van der Waals surface area (Å²) in [6.07, 6.45) is 1.64. The van der Waals surface area contributed by atoms with Gasteiger partial charge >= 0.3 is 6.09 Å². The number of benzene rings is 2. The summed E-state index contributed by atoms with van der Waals surface area (Å²) in [5, 5.41) is 5.71. The van der Waals surface area contributed by atoms with Gasteiger partial charge in [0.05, 0.1) is 7.11 Å². The number of alkyl carbamates (subject to hydrolysis) is 1. The highest BCUT2D eigenvalue weighted by atomic mass is 32.2. The van der Waals surface area contributed by atoms with Crippen LogP contribution in [-0.2, 0) is 14.3 Å². The molecule has 0 saturated carbocycles. The fraction of sp³-hybridized carbons (Fsp3) is 0.483. The maximum Gasteiger partial charge on any atom is 0.408 e. The third-order valence-corrected chi connectivity index (χ3v) is 6.18. The summed E-state index contributed by atoms with van der Waals surface area (Å²) < 4.78 is 10.7. The standard InChI is InChI=1S/C29H41N3O5S/c1-28(2,3)32(26(34)23(18-19-38-8)31-27(35)37-29(4,5)6)24(20-12-10-9-11-13-20)25(33)30-21-14-16-22(36-7)17-15-21/h9-17,23-24H,18-19H2,1-8H3,(H,30,33)(H,31,35). The van der Waals surface area contributed by atoms with E-state index in [0.717, 1.165) is 0 Å². The summed E-state index contributed by atoms with van der Waals surface area (Å²) in [6, 6.07) is 14.3. The van der Waals surface area contributed by atoms with Gasteiger partial charge in [0.15, 0.2) is 0 Å². The third kappa shape index (κ3) is 9.28. The number of amides is 3. The van der Waals surface area contributed by atoms with Crippen LogP contribution in [0.2, 0.25) is 0 Å². The lowest BCUT2D eigenvalue weighted by Gasteiger charge is -2.43. The van der Waals surface area contributed by atoms with E-state index in [1.165, 1.54) is 0 Å². The zero-order valence-electron chi connectivity index (χ0n) is 23.7. The second-order valence-electron chi connectivity index (χ2n) is 10.9. The van der Waals surface area contributed by atoms with Crippen LogP contribution >= 0.6 is 11.8 Å². The lowest BCUT2D eigenvalue weighted by Crippen LogP contribution is -2.58. The molecule has 0 radical (unpaired) electrons. The number of hydrogen-bond donors (Lipinski definition) is 2. The number of anilines is 1. The van der Waals surface area contributed by atoms with Gasteiger partial charge in [-0.1, -0.05) is 30.3 Å². The van der Waals surface area contributed by atoms with Gasteiger partial charge in [0, 0.05) is 11.2 Å². The van der Waals surface area contributed by atoms with Crippen molar-refractivity contribution in [2.24, 2.45) is 0 Å². The molecule has 0 aliphatic carbocycles. The molecule has 2 rings (SSSR count). The molecule has 0 aliphatic rings. The summed E-state index contributed by atoms with van der Waals surface area (Å²) in [4.78, 5) is 42.3. The van der Waals surface area contributed by atoms with Crippen LogP contribution in [-0.4, -0.2) is 59.1 Å². The maximum absolute atomic E-state index is 14.2. The smallest absolute Gasteiger partial charge is 0.408 e. The monoisotopic (exact) mass is 543 g/mol. The maximum atomic E-state index is 14.2. The molecule has 9 heteroatoms. The van der Waals surface area contributed by atoms with Gasteiger partial charge in [0.1, 0.15) is 23.4 Å². The minimum absolute atomic E-state index is 0.365. The summed E-state index contributed by atoms with van der Waals surface area (Å²) >= 11 is 1.57. The molecule has 2 N–H and O–H groups in total. The number of methoxy groups -OCH3 is 1. The first-order chi connectivity index (χ1) is 17.8. The Morgan fingerprint density at radius 2 is 1.55 bits per heavy atom. The van der Waals surface area contributed by atoms with E-state index in [2.05, 4.69) is 10.6 Å². The molecule has 2 atom stereocenters. The minimum atomic E-state index is -0.956. The van der Waals surface area contributed by atoms with E-state index >= 15 is 0 Å². The molecule has 0 fully saturated rings. The van der Waals surface area contributed by atoms with Gasteiger partial charge in [0.25, 0.3) is 5.91 Å². The third-order valence-electron chi connectivity index (χ3n) is 5.54. The normalized spacial score (nSPS) is 13.2. The van der Waals surface area contributed by atoms with Crippen LogP contribution in [0.4, 0.5) is 10.5 Å². The number of hydrogen-bond acceptors (Lipinski definition) is 6. The van der Waals surface area contributed by atoms with Crippen molar-refractivity contribution in [1.82, 2.24) is 10.2 Å². The van der Waals surface area contributed by atoms with E-state index in [4.69, 9.17) is 9.47 Å². The number of rotatable bonds is 10. The second-order valence-corrected chi connectivity index (χ2v) is 11.9. The Morgan fingerprint density at radius 3 is 2.05 bits per heavy atom. The van der Waals surface area contributed by atoms with Gasteiger partial charge in [-0.05, 0) is 89.8 Å². The minimum Gasteiger partial charge on any atom is -0.497 e. The number of thioether (sulfide) groups is 1. The molecule has 0 saturated heterocycles. The summed E-state index contributed by atoms with van der Waals surface area (Å²) in [5.41, 5.74) is -0.250. The van der Waals surface area contributed by atoms with Crippen molar-refractivity contribution >= 4 is 35.4 Å². The van der Waals surface area contributed by atoms with E-state index < -0.39 is 29.3 Å². The largest absolute Gasteiger partial charge is 0.497 e. The molecule has 0 heterocycles. The number of carbonyl (C=O) groups excluding carboxylic acids is 3. The predicted molar refractivity (Wildman–Crippen MR) is 154 cm³/mol. The van der Waals surface area contributed by atoms with Crippen molar-refractivity contribution in [3.63, 3.8) is 0 Å². The van der Waals surface area contributed by atoms with Crippen molar-refractivity contribution in [2.75, 3.05) is 24.4 Å². The number of nitrogens with one attached hydrogen (secondary N) is 2. The van der Waals surface area contributed by atoms with Crippen molar-refractivity contribution in [1.29, 1.82) is 0 Å². The lowest BCUT2D eigenvalue weighted by molar-refractivity contribution is -0.146. The highest BCUT2D eigenvalue weighted by Crippen LogP contribution is 2.31. The number of carbonyl (C=O) groups is 3. The van der Waals surface area contributed by atoms with Crippen LogP contribution in [0.5, 0.6) is 5.75 Å². The van der Waals surface area contributed by atoms with Crippen molar-refractivity contribution < 1.29 is 23.9 Å². The quantitative estimate of drug-likeness (QED) is 0.402. The van der Waals surface area contributed by atoms with Gasteiger partial charge in [-0.15, -0.1) is 0 Å². The summed E-state index contributed by atoms with van der Waals surface area (Å²) in [6.45, 7) is 10.9. The SMILES string of the molecule is COc1ccc(NC(=O)C(c2ccccc2)N(C(=O)C(CCSC)NC(=O)OC(C)(C)C)C(C)(C)C)cc1. The van der Waals surface area contributed by atoms with E-state index in [-0.39, 0.29) is 11.8 Å². The van der Waals surface area contributed by atoms with Crippen LogP contribution in [0.3, 0.4) is 0 Å². The van der Waals surface area contributed by atoms with Crippen LogP contribution in [0.15, 0.2) is 54.6 Å². The van der Waals surface area contributed by atoms with E-state index in [1.54, 1.807) is 68.8 Å². The molecule has 38 heavy (non-hydrogen) atoms. The first-order valence-electron chi connectivity index (χ1n) is 12.6. The number of ether oxygens (including phenoxy) is 2. The van der Waals surface area contributed by atoms with Crippen molar-refractivity contribution in [2.45, 2.75) is 71.2 Å². The van der Waals surface area contributed by atoms with Crippen LogP contribution in [0.1, 0.15) is 59.6 Å². The first-order valence-corrected chi connectivity index (χ1v) is 14.0. The van der Waals surface area contributed by atoms with Gasteiger partial charge in [-0.25, -0.2) is 4.79 Å². The highest BCUT2D eigenvalue weighted by molar-refractivity contribution is 7.98. The number of nitrogens with zero attached hydrogens (tertiary/aromatic N) is 1. The van der Waals surface area contributed by atoms with E-state index in [1.807, 2.05) is 57.4 Å². The Balaban J connectivity index is 2.50.